The third-order valence-electron chi connectivity index (χ3n) is 4.43. The minimum atomic E-state index is -0.564. The van der Waals surface area contributed by atoms with Crippen molar-refractivity contribution in [1.29, 1.82) is 0 Å². The monoisotopic (exact) mass is 415 g/mol. The number of nitrogens with one attached hydrogen (secondary N) is 1. The number of hydrogen-bond donors (Lipinski definition) is 1. The summed E-state index contributed by atoms with van der Waals surface area (Å²) in [5.74, 6) is 0.746. The summed E-state index contributed by atoms with van der Waals surface area (Å²) >= 11 is 0. The molecule has 0 unspecified atom stereocenters. The third kappa shape index (κ3) is 4.40. The highest BCUT2D eigenvalue weighted by Gasteiger charge is 2.15. The normalized spacial score (nSPS) is 11.0. The van der Waals surface area contributed by atoms with Gasteiger partial charge in [0.05, 0.1) is 16.8 Å². The van der Waals surface area contributed by atoms with Crippen LogP contribution in [0.25, 0.3) is 17.1 Å². The van der Waals surface area contributed by atoms with Crippen LogP contribution in [0.1, 0.15) is 21.7 Å². The molecule has 0 aliphatic heterocycles. The Balaban J connectivity index is 1.60. The first-order valence-electron chi connectivity index (χ1n) is 9.31. The van der Waals surface area contributed by atoms with Crippen molar-refractivity contribution >= 4 is 17.8 Å². The maximum Gasteiger partial charge on any atom is 0.271 e. The lowest BCUT2D eigenvalue weighted by Crippen LogP contribution is -2.17. The van der Waals surface area contributed by atoms with Gasteiger partial charge in [0, 0.05) is 29.5 Å². The van der Waals surface area contributed by atoms with Gasteiger partial charge in [-0.05, 0) is 37.3 Å². The Morgan fingerprint density at radius 2 is 1.97 bits per heavy atom. The van der Waals surface area contributed by atoms with E-state index in [1.54, 1.807) is 10.9 Å². The molecular weight excluding hydrogens is 398 g/mol. The number of nitrogens with zero attached hydrogens (tertiary/aromatic N) is 4. The third-order valence-corrected chi connectivity index (χ3v) is 4.43. The minimum Gasteiger partial charge on any atom is -0.460 e. The summed E-state index contributed by atoms with van der Waals surface area (Å²) in [6.45, 7) is 1.84. The summed E-state index contributed by atoms with van der Waals surface area (Å²) in [4.78, 5) is 22.6. The van der Waals surface area contributed by atoms with Gasteiger partial charge < -0.3 is 4.42 Å². The summed E-state index contributed by atoms with van der Waals surface area (Å²) in [5, 5.41) is 19.5. The van der Waals surface area contributed by atoms with Crippen molar-refractivity contribution in [3.05, 3.63) is 99.9 Å². The molecule has 0 atom stereocenters. The quantitative estimate of drug-likeness (QED) is 0.289. The van der Waals surface area contributed by atoms with Crippen molar-refractivity contribution in [2.24, 2.45) is 5.10 Å². The van der Waals surface area contributed by atoms with Gasteiger partial charge in [0.25, 0.3) is 11.6 Å². The van der Waals surface area contributed by atoms with Crippen LogP contribution in [0.3, 0.4) is 0 Å². The summed E-state index contributed by atoms with van der Waals surface area (Å²) in [6.07, 6.45) is 3.22. The molecule has 0 aliphatic rings. The van der Waals surface area contributed by atoms with Crippen LogP contribution in [0.15, 0.2) is 82.4 Å². The van der Waals surface area contributed by atoms with Gasteiger partial charge in [0.15, 0.2) is 5.76 Å². The fourth-order valence-corrected chi connectivity index (χ4v) is 2.93. The predicted molar refractivity (Wildman–Crippen MR) is 114 cm³/mol. The summed E-state index contributed by atoms with van der Waals surface area (Å²) in [7, 11) is 0. The zero-order chi connectivity index (χ0) is 21.8. The first-order valence-corrected chi connectivity index (χ1v) is 9.31. The zero-order valence-electron chi connectivity index (χ0n) is 16.4. The van der Waals surface area contributed by atoms with E-state index >= 15 is 0 Å². The molecule has 0 saturated heterocycles. The highest BCUT2D eigenvalue weighted by molar-refractivity contribution is 5.96. The molecule has 1 amide bonds. The molecule has 4 rings (SSSR count). The molecule has 2 aromatic heterocycles. The standard InChI is InChI=1S/C22H17N5O4/c1-15-10-11-20(31-15)21-17(14-26(25-21)18-7-3-2-4-8-18)13-23-24-22(28)16-6-5-9-19(12-16)27(29)30/h2-14H,1H3,(H,24,28)/b23-13-. The van der Waals surface area contributed by atoms with Gasteiger partial charge in [-0.2, -0.15) is 10.2 Å². The molecule has 1 N–H and O–H groups in total. The van der Waals surface area contributed by atoms with Crippen molar-refractivity contribution in [3.8, 4) is 17.1 Å². The number of hydrazone groups is 1. The smallest absolute Gasteiger partial charge is 0.271 e. The maximum atomic E-state index is 12.3. The summed E-state index contributed by atoms with van der Waals surface area (Å²) in [5.41, 5.74) is 4.39. The first-order chi connectivity index (χ1) is 15.0. The number of nitro groups is 1. The second-order valence-electron chi connectivity index (χ2n) is 6.63. The average molecular weight is 415 g/mol. The van der Waals surface area contributed by atoms with Crippen molar-refractivity contribution in [1.82, 2.24) is 15.2 Å². The second kappa shape index (κ2) is 8.46. The molecule has 0 bridgehead atoms. The van der Waals surface area contributed by atoms with Gasteiger partial charge in [-0.3, -0.25) is 14.9 Å². The highest BCUT2D eigenvalue weighted by atomic mass is 16.6. The fourth-order valence-electron chi connectivity index (χ4n) is 2.93. The number of aromatic nitrogens is 2. The average Bonchev–Trinajstić information content (AvgIpc) is 3.40. The first kappa shape index (κ1) is 19.8. The number of hydrogen-bond acceptors (Lipinski definition) is 6. The molecule has 31 heavy (non-hydrogen) atoms. The molecular formula is C22H17N5O4. The number of benzene rings is 2. The minimum absolute atomic E-state index is 0.133. The van der Waals surface area contributed by atoms with Crippen LogP contribution in [0.5, 0.6) is 0 Å². The molecule has 2 aromatic carbocycles. The Bertz CT molecular complexity index is 1270. The van der Waals surface area contributed by atoms with Crippen molar-refractivity contribution in [3.63, 3.8) is 0 Å². The van der Waals surface area contributed by atoms with Crippen LogP contribution in [0, 0.1) is 17.0 Å². The Morgan fingerprint density at radius 3 is 2.68 bits per heavy atom. The van der Waals surface area contributed by atoms with Crippen LogP contribution < -0.4 is 5.43 Å². The van der Waals surface area contributed by atoms with Gasteiger partial charge in [-0.1, -0.05) is 24.3 Å². The number of amides is 1. The largest absolute Gasteiger partial charge is 0.460 e. The molecule has 154 valence electrons. The van der Waals surface area contributed by atoms with E-state index in [4.69, 9.17) is 4.42 Å². The van der Waals surface area contributed by atoms with Crippen molar-refractivity contribution in [2.45, 2.75) is 6.92 Å². The van der Waals surface area contributed by atoms with Crippen LogP contribution >= 0.6 is 0 Å². The van der Waals surface area contributed by atoms with Gasteiger partial charge in [0.1, 0.15) is 11.5 Å². The SMILES string of the molecule is Cc1ccc(-c2nn(-c3ccccc3)cc2/C=N\NC(=O)c2cccc([N+](=O)[O-])c2)o1. The number of carbonyl (C=O) groups excluding carboxylic acids is 1. The number of aryl methyl sites for hydroxylation is 1. The number of para-hydroxylation sites is 1. The van der Waals surface area contributed by atoms with Gasteiger partial charge in [-0.25, -0.2) is 10.1 Å². The lowest BCUT2D eigenvalue weighted by Gasteiger charge is -1.99. The molecule has 0 fully saturated rings. The van der Waals surface area contributed by atoms with E-state index in [0.717, 1.165) is 11.4 Å². The molecule has 0 radical (unpaired) electrons. The fraction of sp³-hybridized carbons (Fsp3) is 0.0455. The molecule has 0 saturated carbocycles. The Hall–Kier alpha value is -4.53. The highest BCUT2D eigenvalue weighted by Crippen LogP contribution is 2.24. The van der Waals surface area contributed by atoms with E-state index in [0.29, 0.717) is 17.0 Å². The second-order valence-corrected chi connectivity index (χ2v) is 6.63. The van der Waals surface area contributed by atoms with E-state index in [9.17, 15) is 14.9 Å². The van der Waals surface area contributed by atoms with Crippen LogP contribution in [0.4, 0.5) is 5.69 Å². The number of furan rings is 1. The van der Waals surface area contributed by atoms with E-state index in [2.05, 4.69) is 15.6 Å². The van der Waals surface area contributed by atoms with E-state index in [-0.39, 0.29) is 11.3 Å². The predicted octanol–water partition coefficient (Wildman–Crippen LogP) is 4.11. The van der Waals surface area contributed by atoms with Crippen LogP contribution in [-0.4, -0.2) is 26.8 Å². The molecule has 9 nitrogen and oxygen atoms in total. The number of rotatable bonds is 6. The van der Waals surface area contributed by atoms with Crippen LogP contribution in [0.2, 0.25) is 0 Å². The number of carbonyl (C=O) groups is 1. The summed E-state index contributed by atoms with van der Waals surface area (Å²) < 4.78 is 7.39. The molecule has 0 spiro atoms. The Labute approximate surface area is 176 Å². The Morgan fingerprint density at radius 1 is 1.16 bits per heavy atom. The zero-order valence-corrected chi connectivity index (χ0v) is 16.4. The maximum absolute atomic E-state index is 12.3. The van der Waals surface area contributed by atoms with Crippen molar-refractivity contribution < 1.29 is 14.1 Å². The topological polar surface area (TPSA) is 116 Å². The number of non-ortho nitro benzene ring substituents is 1. The lowest BCUT2D eigenvalue weighted by atomic mass is 10.2. The Kier molecular flexibility index (Phi) is 5.39. The van der Waals surface area contributed by atoms with Crippen LogP contribution in [-0.2, 0) is 0 Å². The van der Waals surface area contributed by atoms with Gasteiger partial charge in [-0.15, -0.1) is 0 Å². The summed E-state index contributed by atoms with van der Waals surface area (Å²) in [6, 6.07) is 18.6. The van der Waals surface area contributed by atoms with E-state index in [1.807, 2.05) is 49.4 Å². The molecule has 0 aliphatic carbocycles. The molecule has 2 heterocycles. The lowest BCUT2D eigenvalue weighted by molar-refractivity contribution is -0.384. The molecule has 9 heteroatoms. The van der Waals surface area contributed by atoms with Gasteiger partial charge >= 0.3 is 0 Å². The van der Waals surface area contributed by atoms with Gasteiger partial charge in [0.2, 0.25) is 0 Å². The number of nitro benzene ring substituents is 1. The van der Waals surface area contributed by atoms with Crippen molar-refractivity contribution in [2.75, 3.05) is 0 Å². The van der Waals surface area contributed by atoms with E-state index in [1.165, 1.54) is 30.5 Å². The van der Waals surface area contributed by atoms with E-state index < -0.39 is 10.8 Å². The molecule has 4 aromatic rings.